The summed E-state index contributed by atoms with van der Waals surface area (Å²) in [6.45, 7) is 3.77. The number of hydrogen-bond donors (Lipinski definition) is 1. The van der Waals surface area contributed by atoms with Crippen molar-refractivity contribution in [1.29, 1.82) is 0 Å². The summed E-state index contributed by atoms with van der Waals surface area (Å²) in [6, 6.07) is 7.60. The molecule has 0 unspecified atom stereocenters. The fourth-order valence-corrected chi connectivity index (χ4v) is 3.06. The monoisotopic (exact) mass is 348 g/mol. The van der Waals surface area contributed by atoms with Crippen molar-refractivity contribution < 1.29 is 9.84 Å². The van der Waals surface area contributed by atoms with E-state index in [9.17, 15) is 5.11 Å². The number of rotatable bonds is 3. The topological polar surface area (TPSA) is 71.4 Å². The van der Waals surface area contributed by atoms with Crippen LogP contribution in [-0.2, 0) is 13.0 Å². The maximum absolute atomic E-state index is 10.5. The van der Waals surface area contributed by atoms with Crippen LogP contribution in [0.1, 0.15) is 18.1 Å². The van der Waals surface area contributed by atoms with E-state index < -0.39 is 0 Å². The summed E-state index contributed by atoms with van der Waals surface area (Å²) in [5.41, 5.74) is 3.87. The normalized spacial score (nSPS) is 13.7. The zero-order valence-electron chi connectivity index (χ0n) is 14.6. The number of benzene rings is 1. The van der Waals surface area contributed by atoms with Gasteiger partial charge in [0.05, 0.1) is 6.54 Å². The first-order valence-electron chi connectivity index (χ1n) is 8.69. The molecule has 0 radical (unpaired) electrons. The number of aromatic nitrogens is 3. The first-order chi connectivity index (χ1) is 12.7. The lowest BCUT2D eigenvalue weighted by Crippen LogP contribution is -2.27. The first-order valence-corrected chi connectivity index (χ1v) is 8.69. The Kier molecular flexibility index (Phi) is 4.39. The molecule has 3 heterocycles. The molecule has 0 fully saturated rings. The molecule has 132 valence electrons. The molecule has 0 aliphatic carbocycles. The molecule has 1 aromatic carbocycles. The average molecular weight is 348 g/mol. The quantitative estimate of drug-likeness (QED) is 0.784. The second-order valence-corrected chi connectivity index (χ2v) is 6.24. The molecule has 6 nitrogen and oxygen atoms in total. The lowest BCUT2D eigenvalue weighted by Gasteiger charge is -2.20. The highest BCUT2D eigenvalue weighted by molar-refractivity contribution is 5.68. The SMILES string of the molecule is CCc1cnc(N2CCOc3c(O)cc(-c4cccnc4)cc3C2)nc1. The molecule has 0 bridgehead atoms. The van der Waals surface area contributed by atoms with Crippen molar-refractivity contribution in [3.63, 3.8) is 0 Å². The molecular formula is C20H20N4O2. The van der Waals surface area contributed by atoms with E-state index in [1.54, 1.807) is 18.5 Å². The van der Waals surface area contributed by atoms with Crippen molar-refractivity contribution in [3.05, 3.63) is 60.2 Å². The third-order valence-electron chi connectivity index (χ3n) is 4.49. The Bertz CT molecular complexity index is 898. The lowest BCUT2D eigenvalue weighted by atomic mass is 10.0. The molecule has 3 aromatic rings. The van der Waals surface area contributed by atoms with Crippen molar-refractivity contribution in [2.75, 3.05) is 18.1 Å². The van der Waals surface area contributed by atoms with Crippen LogP contribution < -0.4 is 9.64 Å². The standard InChI is InChI=1S/C20H20N4O2/c1-2-14-10-22-20(23-11-14)24-6-7-26-19-17(13-24)8-16(9-18(19)25)15-4-3-5-21-12-15/h3-5,8-12,25H,2,6-7,13H2,1H3. The Balaban J connectivity index is 1.69. The van der Waals surface area contributed by atoms with E-state index in [1.165, 1.54) is 0 Å². The van der Waals surface area contributed by atoms with Gasteiger partial charge in [-0.15, -0.1) is 0 Å². The Morgan fingerprint density at radius 1 is 1.15 bits per heavy atom. The van der Waals surface area contributed by atoms with Gasteiger partial charge in [0.15, 0.2) is 11.5 Å². The zero-order valence-corrected chi connectivity index (χ0v) is 14.6. The van der Waals surface area contributed by atoms with Crippen LogP contribution in [0.4, 0.5) is 5.95 Å². The predicted octanol–water partition coefficient (Wildman–Crippen LogP) is 3.21. The number of phenolic OH excluding ortho intramolecular Hbond substituents is 1. The van der Waals surface area contributed by atoms with Crippen LogP contribution in [0.2, 0.25) is 0 Å². The predicted molar refractivity (Wildman–Crippen MR) is 99.3 cm³/mol. The van der Waals surface area contributed by atoms with E-state index >= 15 is 0 Å². The van der Waals surface area contributed by atoms with E-state index in [-0.39, 0.29) is 5.75 Å². The van der Waals surface area contributed by atoms with E-state index in [0.717, 1.165) is 28.7 Å². The van der Waals surface area contributed by atoms with Crippen molar-refractivity contribution in [2.24, 2.45) is 0 Å². The molecule has 1 aliphatic heterocycles. The molecule has 0 atom stereocenters. The van der Waals surface area contributed by atoms with Crippen molar-refractivity contribution in [1.82, 2.24) is 15.0 Å². The smallest absolute Gasteiger partial charge is 0.225 e. The van der Waals surface area contributed by atoms with Crippen LogP contribution >= 0.6 is 0 Å². The van der Waals surface area contributed by atoms with Crippen LogP contribution in [0.25, 0.3) is 11.1 Å². The minimum atomic E-state index is 0.144. The van der Waals surface area contributed by atoms with Gasteiger partial charge in [-0.3, -0.25) is 4.98 Å². The van der Waals surface area contributed by atoms with Gasteiger partial charge in [-0.2, -0.15) is 0 Å². The molecule has 2 aromatic heterocycles. The largest absolute Gasteiger partial charge is 0.504 e. The van der Waals surface area contributed by atoms with Gasteiger partial charge in [-0.1, -0.05) is 13.0 Å². The van der Waals surface area contributed by atoms with Crippen LogP contribution in [0.15, 0.2) is 49.1 Å². The number of fused-ring (bicyclic) bond motifs is 1. The molecular weight excluding hydrogens is 328 g/mol. The number of phenols is 1. The van der Waals surface area contributed by atoms with Crippen molar-refractivity contribution in [3.8, 4) is 22.6 Å². The Hall–Kier alpha value is -3.15. The summed E-state index contributed by atoms with van der Waals surface area (Å²) in [5, 5.41) is 10.5. The molecule has 1 N–H and O–H groups in total. The number of aromatic hydroxyl groups is 1. The van der Waals surface area contributed by atoms with Crippen molar-refractivity contribution >= 4 is 5.95 Å². The van der Waals surface area contributed by atoms with E-state index in [2.05, 4.69) is 26.8 Å². The first kappa shape index (κ1) is 16.3. The molecule has 26 heavy (non-hydrogen) atoms. The van der Waals surface area contributed by atoms with Crippen LogP contribution in [-0.4, -0.2) is 33.2 Å². The highest BCUT2D eigenvalue weighted by atomic mass is 16.5. The summed E-state index contributed by atoms with van der Waals surface area (Å²) in [5.74, 6) is 1.35. The van der Waals surface area contributed by atoms with Gasteiger partial charge in [0, 0.05) is 42.5 Å². The molecule has 0 spiro atoms. The zero-order chi connectivity index (χ0) is 17.9. The summed E-state index contributed by atoms with van der Waals surface area (Å²) in [7, 11) is 0. The van der Waals surface area contributed by atoms with E-state index in [4.69, 9.17) is 4.74 Å². The maximum atomic E-state index is 10.5. The summed E-state index contributed by atoms with van der Waals surface area (Å²) >= 11 is 0. The number of nitrogens with zero attached hydrogens (tertiary/aromatic N) is 4. The average Bonchev–Trinajstić information content (AvgIpc) is 2.91. The van der Waals surface area contributed by atoms with Gasteiger partial charge in [-0.25, -0.2) is 9.97 Å². The molecule has 1 aliphatic rings. The fourth-order valence-electron chi connectivity index (χ4n) is 3.06. The third kappa shape index (κ3) is 3.18. The van der Waals surface area contributed by atoms with Crippen LogP contribution in [0.3, 0.4) is 0 Å². The van der Waals surface area contributed by atoms with Gasteiger partial charge < -0.3 is 14.7 Å². The Labute approximate surface area is 152 Å². The lowest BCUT2D eigenvalue weighted by molar-refractivity contribution is 0.311. The van der Waals surface area contributed by atoms with Gasteiger partial charge in [0.2, 0.25) is 5.95 Å². The molecule has 0 saturated heterocycles. The van der Waals surface area contributed by atoms with Crippen LogP contribution in [0, 0.1) is 0 Å². The molecule has 6 heteroatoms. The van der Waals surface area contributed by atoms with Crippen molar-refractivity contribution in [2.45, 2.75) is 19.9 Å². The molecule has 0 saturated carbocycles. The number of pyridine rings is 1. The Morgan fingerprint density at radius 2 is 2.00 bits per heavy atom. The van der Waals surface area contributed by atoms with Crippen LogP contribution in [0.5, 0.6) is 11.5 Å². The fraction of sp³-hybridized carbons (Fsp3) is 0.250. The van der Waals surface area contributed by atoms with Gasteiger partial charge in [-0.05, 0) is 35.7 Å². The number of aryl methyl sites for hydroxylation is 1. The van der Waals surface area contributed by atoms with Gasteiger partial charge >= 0.3 is 0 Å². The minimum absolute atomic E-state index is 0.144. The number of ether oxygens (including phenoxy) is 1. The van der Waals surface area contributed by atoms with E-state index in [1.807, 2.05) is 30.6 Å². The van der Waals surface area contributed by atoms with E-state index in [0.29, 0.717) is 31.4 Å². The maximum Gasteiger partial charge on any atom is 0.225 e. The second kappa shape index (κ2) is 7.00. The summed E-state index contributed by atoms with van der Waals surface area (Å²) in [6.07, 6.45) is 8.14. The summed E-state index contributed by atoms with van der Waals surface area (Å²) < 4.78 is 5.80. The van der Waals surface area contributed by atoms with Gasteiger partial charge in [0.1, 0.15) is 6.61 Å². The Morgan fingerprint density at radius 3 is 2.73 bits per heavy atom. The third-order valence-corrected chi connectivity index (χ3v) is 4.49. The highest BCUT2D eigenvalue weighted by Crippen LogP contribution is 2.37. The van der Waals surface area contributed by atoms with Gasteiger partial charge in [0.25, 0.3) is 0 Å². The minimum Gasteiger partial charge on any atom is -0.504 e. The molecule has 4 rings (SSSR count). The number of anilines is 1. The molecule has 0 amide bonds. The summed E-state index contributed by atoms with van der Waals surface area (Å²) in [4.78, 5) is 15.2. The number of hydrogen-bond acceptors (Lipinski definition) is 6. The highest BCUT2D eigenvalue weighted by Gasteiger charge is 2.21. The second-order valence-electron chi connectivity index (χ2n) is 6.24.